The van der Waals surface area contributed by atoms with Gasteiger partial charge < -0.3 is 15.0 Å². The minimum Gasteiger partial charge on any atom is -0.484 e. The first-order valence-corrected chi connectivity index (χ1v) is 12.5. The first-order chi connectivity index (χ1) is 18.1. The number of allylic oxidation sites excluding steroid dienone is 4. The third-order valence-corrected chi connectivity index (χ3v) is 6.28. The zero-order chi connectivity index (χ0) is 27.4. The molecule has 38 heavy (non-hydrogen) atoms. The maximum Gasteiger partial charge on any atom is 0.321 e. The summed E-state index contributed by atoms with van der Waals surface area (Å²) in [5, 5.41) is 7.93. The predicted octanol–water partition coefficient (Wildman–Crippen LogP) is 6.67. The summed E-state index contributed by atoms with van der Waals surface area (Å²) in [5.41, 5.74) is 3.35. The van der Waals surface area contributed by atoms with Gasteiger partial charge in [0.1, 0.15) is 11.9 Å². The van der Waals surface area contributed by atoms with Gasteiger partial charge in [-0.25, -0.2) is 4.68 Å². The third kappa shape index (κ3) is 5.85. The fourth-order valence-electron chi connectivity index (χ4n) is 4.26. The number of aromatic nitrogens is 2. The van der Waals surface area contributed by atoms with E-state index in [4.69, 9.17) is 4.74 Å². The summed E-state index contributed by atoms with van der Waals surface area (Å²) in [6, 6.07) is 14.2. The molecular formula is C30H32F2N4O2. The van der Waals surface area contributed by atoms with Gasteiger partial charge in [-0.05, 0) is 48.8 Å². The summed E-state index contributed by atoms with van der Waals surface area (Å²) in [6.07, 6.45) is 10.7. The van der Waals surface area contributed by atoms with Crippen LogP contribution in [0, 0.1) is 5.92 Å². The maximum absolute atomic E-state index is 13.8. The lowest BCUT2D eigenvalue weighted by Crippen LogP contribution is -2.49. The van der Waals surface area contributed by atoms with Crippen molar-refractivity contribution in [3.63, 3.8) is 0 Å². The number of fused-ring (bicyclic) bond motifs is 1. The molecule has 8 heteroatoms. The van der Waals surface area contributed by atoms with Crippen LogP contribution >= 0.6 is 0 Å². The molecule has 0 spiro atoms. The molecule has 0 aliphatic carbocycles. The maximum atomic E-state index is 13.8. The van der Waals surface area contributed by atoms with Crippen LogP contribution in [0.1, 0.15) is 39.4 Å². The summed E-state index contributed by atoms with van der Waals surface area (Å²) >= 11 is 0. The van der Waals surface area contributed by atoms with E-state index < -0.39 is 24.0 Å². The Morgan fingerprint density at radius 1 is 1.16 bits per heavy atom. The lowest BCUT2D eigenvalue weighted by molar-refractivity contribution is -0.145. The topological polar surface area (TPSA) is 59.4 Å². The molecule has 0 saturated carbocycles. The number of benzene rings is 2. The number of hydrogen-bond acceptors (Lipinski definition) is 4. The van der Waals surface area contributed by atoms with Crippen molar-refractivity contribution in [2.45, 2.75) is 45.8 Å². The molecule has 4 rings (SSSR count). The smallest absolute Gasteiger partial charge is 0.321 e. The number of alkyl halides is 2. The lowest BCUT2D eigenvalue weighted by Gasteiger charge is -2.32. The second kappa shape index (κ2) is 11.0. The molecule has 1 aliphatic heterocycles. The number of amides is 1. The molecule has 1 aliphatic rings. The molecule has 1 amide bonds. The van der Waals surface area contributed by atoms with E-state index in [1.807, 2.05) is 110 Å². The molecule has 198 valence electrons. The standard InChI is InChI=1S/C30H32F2N4O2/c1-6-16-35-19-24(13-12-21(35)4)36-26-15-14-25(17-23(26)18-33-36)38-28(22-10-8-7-9-11-22)27(20(2)3)34-29(37)30(5,31)32/h6-20,27-28H,4H2,1-3,5H3,(H,34,37)/b16-6-/t27-,28+/m0/s1. The lowest BCUT2D eigenvalue weighted by atomic mass is 9.92. The summed E-state index contributed by atoms with van der Waals surface area (Å²) in [7, 11) is 0. The van der Waals surface area contributed by atoms with E-state index >= 15 is 0 Å². The SMILES string of the molecule is C=C1C=CC(n2ncc3cc(O[C@H](c4ccccc4)[C@@H](NC(=O)C(C)(F)F)C(C)C)ccc32)=CN1/C=C\C. The molecule has 2 heterocycles. The summed E-state index contributed by atoms with van der Waals surface area (Å²) in [4.78, 5) is 14.2. The fourth-order valence-corrected chi connectivity index (χ4v) is 4.26. The van der Waals surface area contributed by atoms with E-state index in [-0.39, 0.29) is 5.92 Å². The van der Waals surface area contributed by atoms with Crippen molar-refractivity contribution in [2.75, 3.05) is 0 Å². The number of nitrogens with one attached hydrogen (secondary N) is 1. The van der Waals surface area contributed by atoms with Crippen LogP contribution in [-0.4, -0.2) is 32.6 Å². The van der Waals surface area contributed by atoms with Gasteiger partial charge in [-0.1, -0.05) is 56.8 Å². The number of carbonyl (C=O) groups excluding carboxylic acids is 1. The third-order valence-electron chi connectivity index (χ3n) is 6.28. The van der Waals surface area contributed by atoms with Crippen LogP contribution in [0.3, 0.4) is 0 Å². The van der Waals surface area contributed by atoms with Gasteiger partial charge >= 0.3 is 5.92 Å². The molecule has 1 N–H and O–H groups in total. The van der Waals surface area contributed by atoms with Crippen LogP contribution in [0.25, 0.3) is 16.6 Å². The zero-order valence-corrected chi connectivity index (χ0v) is 21.9. The Balaban J connectivity index is 1.67. The van der Waals surface area contributed by atoms with Crippen LogP contribution in [0.15, 0.2) is 97.6 Å². The molecular weight excluding hydrogens is 486 g/mol. The van der Waals surface area contributed by atoms with Gasteiger partial charge in [0.05, 0.1) is 23.5 Å². The largest absolute Gasteiger partial charge is 0.484 e. The minimum atomic E-state index is -3.50. The summed E-state index contributed by atoms with van der Waals surface area (Å²) in [5.74, 6) is -4.48. The van der Waals surface area contributed by atoms with E-state index in [0.717, 1.165) is 27.9 Å². The Bertz CT molecular complexity index is 1400. The number of nitrogens with zero attached hydrogens (tertiary/aromatic N) is 3. The average Bonchev–Trinajstić information content (AvgIpc) is 3.30. The van der Waals surface area contributed by atoms with Crippen molar-refractivity contribution >= 4 is 22.5 Å². The van der Waals surface area contributed by atoms with Gasteiger partial charge in [-0.2, -0.15) is 13.9 Å². The van der Waals surface area contributed by atoms with Crippen molar-refractivity contribution in [1.82, 2.24) is 20.0 Å². The monoisotopic (exact) mass is 518 g/mol. The first-order valence-electron chi connectivity index (χ1n) is 12.5. The van der Waals surface area contributed by atoms with E-state index in [1.54, 1.807) is 6.20 Å². The Labute approximate surface area is 221 Å². The second-order valence-corrected chi connectivity index (χ2v) is 9.63. The number of carbonyl (C=O) groups is 1. The quantitative estimate of drug-likeness (QED) is 0.344. The highest BCUT2D eigenvalue weighted by Crippen LogP contribution is 2.32. The highest BCUT2D eigenvalue weighted by molar-refractivity contribution is 5.85. The molecule has 0 radical (unpaired) electrons. The van der Waals surface area contributed by atoms with Gasteiger partial charge in [-0.15, -0.1) is 0 Å². The highest BCUT2D eigenvalue weighted by Gasteiger charge is 2.37. The predicted molar refractivity (Wildman–Crippen MR) is 146 cm³/mol. The number of ether oxygens (including phenoxy) is 1. The molecule has 2 atom stereocenters. The van der Waals surface area contributed by atoms with Crippen molar-refractivity contribution < 1.29 is 18.3 Å². The van der Waals surface area contributed by atoms with Crippen LogP contribution in [-0.2, 0) is 4.79 Å². The van der Waals surface area contributed by atoms with Crippen LogP contribution in [0.2, 0.25) is 0 Å². The van der Waals surface area contributed by atoms with Gasteiger partial charge in [0.25, 0.3) is 5.91 Å². The minimum absolute atomic E-state index is 0.183. The average molecular weight is 519 g/mol. The van der Waals surface area contributed by atoms with Crippen LogP contribution < -0.4 is 10.1 Å². The van der Waals surface area contributed by atoms with Crippen LogP contribution in [0.5, 0.6) is 5.75 Å². The van der Waals surface area contributed by atoms with Gasteiger partial charge in [-0.3, -0.25) is 4.79 Å². The molecule has 2 aromatic carbocycles. The fraction of sp³-hybridized carbons (Fsp3) is 0.267. The summed E-state index contributed by atoms with van der Waals surface area (Å²) < 4.78 is 35.8. The number of halogens is 2. The van der Waals surface area contributed by atoms with E-state index in [9.17, 15) is 13.6 Å². The van der Waals surface area contributed by atoms with Crippen molar-refractivity contribution in [3.05, 3.63) is 103 Å². The van der Waals surface area contributed by atoms with Crippen molar-refractivity contribution in [3.8, 4) is 5.75 Å². The molecule has 6 nitrogen and oxygen atoms in total. The Hall–Kier alpha value is -4.20. The van der Waals surface area contributed by atoms with Crippen molar-refractivity contribution in [1.29, 1.82) is 0 Å². The van der Waals surface area contributed by atoms with Gasteiger partial charge in [0.15, 0.2) is 0 Å². The molecule has 0 unspecified atom stereocenters. The molecule has 0 saturated heterocycles. The second-order valence-electron chi connectivity index (χ2n) is 9.63. The highest BCUT2D eigenvalue weighted by atomic mass is 19.3. The first kappa shape index (κ1) is 26.9. The van der Waals surface area contributed by atoms with E-state index in [0.29, 0.717) is 12.7 Å². The molecule has 0 fully saturated rings. The molecule has 3 aromatic rings. The van der Waals surface area contributed by atoms with Gasteiger partial charge in [0, 0.05) is 30.4 Å². The van der Waals surface area contributed by atoms with E-state index in [1.165, 1.54) is 0 Å². The Morgan fingerprint density at radius 3 is 2.55 bits per heavy atom. The van der Waals surface area contributed by atoms with Gasteiger partial charge in [0.2, 0.25) is 0 Å². The van der Waals surface area contributed by atoms with Crippen molar-refractivity contribution in [2.24, 2.45) is 5.92 Å². The Kier molecular flexibility index (Phi) is 7.80. The number of rotatable bonds is 9. The normalized spacial score (nSPS) is 15.7. The molecule has 0 bridgehead atoms. The number of hydrogen-bond donors (Lipinski definition) is 1. The molecule has 1 aromatic heterocycles. The zero-order valence-electron chi connectivity index (χ0n) is 21.9. The summed E-state index contributed by atoms with van der Waals surface area (Å²) in [6.45, 7) is 10.3. The Morgan fingerprint density at radius 2 is 1.89 bits per heavy atom. The van der Waals surface area contributed by atoms with E-state index in [2.05, 4.69) is 17.0 Å². The van der Waals surface area contributed by atoms with Crippen LogP contribution in [0.4, 0.5) is 8.78 Å².